The Kier molecular flexibility index (Phi) is 11.4. The molecule has 0 spiro atoms. The van der Waals surface area contributed by atoms with Crippen LogP contribution in [0.3, 0.4) is 0 Å². The number of carboxylic acid groups (broad SMARTS) is 2. The van der Waals surface area contributed by atoms with Crippen LogP contribution in [0, 0.1) is 10.8 Å². The molecule has 8 N–H and O–H groups in total. The summed E-state index contributed by atoms with van der Waals surface area (Å²) in [6, 6.07) is 27.2. The van der Waals surface area contributed by atoms with Gasteiger partial charge in [-0.15, -0.1) is 0 Å². The zero-order valence-electron chi connectivity index (χ0n) is 33.4. The highest BCUT2D eigenvalue weighted by molar-refractivity contribution is 6.00. The molecular weight excluding hydrogens is 743 g/mol. The average Bonchev–Trinajstić information content (AvgIpc) is 4.03. The van der Waals surface area contributed by atoms with Crippen molar-refractivity contribution in [3.05, 3.63) is 143 Å². The number of nitrogen functional groups attached to an aromatic ring is 2. The number of hydrogen-bond donors (Lipinski definition) is 6. The van der Waals surface area contributed by atoms with Crippen molar-refractivity contribution in [3.63, 3.8) is 0 Å². The van der Waals surface area contributed by atoms with Crippen molar-refractivity contribution in [3.8, 4) is 11.1 Å². The van der Waals surface area contributed by atoms with E-state index in [9.17, 15) is 19.8 Å². The van der Waals surface area contributed by atoms with Gasteiger partial charge in [0.25, 0.3) is 0 Å². The molecule has 3 aromatic heterocycles. The second kappa shape index (κ2) is 16.8. The SMILES string of the molecule is CCn1cc(Cc2ccccc2-c2cn(C)nc2C(=O)O)c2ccc(C(=N)N)cc21.CCn1cc(Cc2ccccc2N2CCCC2C(=O)O)c2ccc(C(=N)N)cc21. The van der Waals surface area contributed by atoms with E-state index >= 15 is 0 Å². The Morgan fingerprint density at radius 2 is 1.27 bits per heavy atom. The molecule has 1 aliphatic heterocycles. The summed E-state index contributed by atoms with van der Waals surface area (Å²) in [5.41, 5.74) is 21.9. The van der Waals surface area contributed by atoms with E-state index in [2.05, 4.69) is 46.5 Å². The molecule has 0 saturated carbocycles. The van der Waals surface area contributed by atoms with Gasteiger partial charge in [-0.25, -0.2) is 9.59 Å². The molecular formula is C46H49N9O4. The molecule has 59 heavy (non-hydrogen) atoms. The van der Waals surface area contributed by atoms with E-state index < -0.39 is 18.0 Å². The minimum Gasteiger partial charge on any atom is -0.480 e. The van der Waals surface area contributed by atoms with Gasteiger partial charge >= 0.3 is 11.9 Å². The number of aryl methyl sites for hydroxylation is 3. The summed E-state index contributed by atoms with van der Waals surface area (Å²) >= 11 is 0. The lowest BCUT2D eigenvalue weighted by molar-refractivity contribution is -0.138. The molecule has 0 aliphatic carbocycles. The highest BCUT2D eigenvalue weighted by atomic mass is 16.4. The number of aromatic nitrogens is 4. The van der Waals surface area contributed by atoms with Crippen molar-refractivity contribution in [1.29, 1.82) is 10.8 Å². The van der Waals surface area contributed by atoms with Gasteiger partial charge < -0.3 is 35.7 Å². The standard InChI is InChI=1S/C23H23N5O2.C23H26N4O2/c1-3-28-12-16(18-9-8-15(22(24)25)11-20(18)28)10-14-6-4-5-7-17(14)19-13-27(2)26-21(19)23(29)30;1-2-26-14-17(18-10-9-16(22(24)25)13-21(18)26)12-15-6-3-4-7-19(15)27-11-5-8-20(27)23(28)29/h4-9,11-13H,3,10H2,1-2H3,(H3,24,25)(H,29,30);3-4,6-7,9-10,13-14,20H,2,5,8,11-12H2,1H3,(H3,24,25)(H,28,29). The maximum Gasteiger partial charge on any atom is 0.357 e. The summed E-state index contributed by atoms with van der Waals surface area (Å²) in [5, 5.41) is 40.9. The summed E-state index contributed by atoms with van der Waals surface area (Å²) in [6.45, 7) is 6.57. The van der Waals surface area contributed by atoms with E-state index in [1.165, 1.54) is 10.2 Å². The fourth-order valence-electron chi connectivity index (χ4n) is 8.32. The van der Waals surface area contributed by atoms with Gasteiger partial charge in [0.05, 0.1) is 0 Å². The lowest BCUT2D eigenvalue weighted by Gasteiger charge is -2.26. The summed E-state index contributed by atoms with van der Waals surface area (Å²) < 4.78 is 5.85. The maximum atomic E-state index is 11.7. The highest BCUT2D eigenvalue weighted by Crippen LogP contribution is 2.34. The molecule has 0 radical (unpaired) electrons. The molecule has 1 aliphatic rings. The van der Waals surface area contributed by atoms with Crippen molar-refractivity contribution in [1.82, 2.24) is 18.9 Å². The molecule has 302 valence electrons. The zero-order chi connectivity index (χ0) is 42.0. The van der Waals surface area contributed by atoms with Gasteiger partial charge in [-0.3, -0.25) is 15.5 Å². The number of aliphatic carboxylic acids is 1. The molecule has 1 atom stereocenters. The Balaban J connectivity index is 0.000000179. The van der Waals surface area contributed by atoms with Crippen molar-refractivity contribution in [2.45, 2.75) is 58.7 Å². The second-order valence-corrected chi connectivity index (χ2v) is 14.9. The highest BCUT2D eigenvalue weighted by Gasteiger charge is 2.32. The third-order valence-electron chi connectivity index (χ3n) is 11.2. The predicted octanol–water partition coefficient (Wildman–Crippen LogP) is 7.22. The number of aromatic carboxylic acids is 1. The Morgan fingerprint density at radius 3 is 1.81 bits per heavy atom. The van der Waals surface area contributed by atoms with Crippen LogP contribution in [0.4, 0.5) is 5.69 Å². The van der Waals surface area contributed by atoms with Gasteiger partial charge in [0, 0.05) is 102 Å². The van der Waals surface area contributed by atoms with Crippen molar-refractivity contribution in [2.75, 3.05) is 11.4 Å². The van der Waals surface area contributed by atoms with Gasteiger partial charge in [-0.1, -0.05) is 66.7 Å². The van der Waals surface area contributed by atoms with E-state index in [0.717, 1.165) is 87.8 Å². The summed E-state index contributed by atoms with van der Waals surface area (Å²) in [5.74, 6) is -1.68. The quantitative estimate of drug-likeness (QED) is 0.0549. The number of nitrogens with two attached hydrogens (primary N) is 2. The molecule has 13 nitrogen and oxygen atoms in total. The zero-order valence-corrected chi connectivity index (χ0v) is 33.4. The number of anilines is 1. The van der Waals surface area contributed by atoms with Gasteiger partial charge in [0.1, 0.15) is 17.7 Å². The molecule has 1 unspecified atom stereocenters. The van der Waals surface area contributed by atoms with Crippen LogP contribution in [0.2, 0.25) is 0 Å². The van der Waals surface area contributed by atoms with Crippen molar-refractivity contribution >= 4 is 51.1 Å². The number of carboxylic acids is 2. The normalized spacial score (nSPS) is 13.7. The summed E-state index contributed by atoms with van der Waals surface area (Å²) in [7, 11) is 1.72. The number of nitrogens with zero attached hydrogens (tertiary/aromatic N) is 5. The number of carbonyl (C=O) groups is 2. The molecule has 7 aromatic rings. The Bertz CT molecular complexity index is 2740. The van der Waals surface area contributed by atoms with Gasteiger partial charge in [0.15, 0.2) is 5.69 Å². The summed E-state index contributed by atoms with van der Waals surface area (Å²) in [6.07, 6.45) is 8.98. The Labute approximate surface area is 342 Å². The number of fused-ring (bicyclic) bond motifs is 2. The number of hydrogen-bond acceptors (Lipinski definition) is 6. The first kappa shape index (κ1) is 40.1. The summed E-state index contributed by atoms with van der Waals surface area (Å²) in [4.78, 5) is 25.4. The first-order valence-electron chi connectivity index (χ1n) is 19.7. The second-order valence-electron chi connectivity index (χ2n) is 14.9. The van der Waals surface area contributed by atoms with E-state index in [1.807, 2.05) is 83.8 Å². The van der Waals surface area contributed by atoms with Crippen LogP contribution < -0.4 is 16.4 Å². The van der Waals surface area contributed by atoms with E-state index in [4.69, 9.17) is 22.3 Å². The van der Waals surface area contributed by atoms with Gasteiger partial charge in [-0.2, -0.15) is 5.10 Å². The van der Waals surface area contributed by atoms with Crippen LogP contribution >= 0.6 is 0 Å². The Morgan fingerprint density at radius 1 is 0.729 bits per heavy atom. The smallest absolute Gasteiger partial charge is 0.357 e. The largest absolute Gasteiger partial charge is 0.480 e. The number of rotatable bonds is 12. The predicted molar refractivity (Wildman–Crippen MR) is 233 cm³/mol. The number of amidine groups is 2. The van der Waals surface area contributed by atoms with Crippen LogP contribution in [-0.4, -0.2) is 65.3 Å². The molecule has 4 heterocycles. The van der Waals surface area contributed by atoms with Gasteiger partial charge in [0.2, 0.25) is 0 Å². The van der Waals surface area contributed by atoms with E-state index in [0.29, 0.717) is 24.0 Å². The van der Waals surface area contributed by atoms with Crippen LogP contribution in [0.1, 0.15) is 70.6 Å². The van der Waals surface area contributed by atoms with Crippen molar-refractivity contribution in [2.24, 2.45) is 18.5 Å². The number of benzene rings is 4. The van der Waals surface area contributed by atoms with E-state index in [1.54, 1.807) is 13.2 Å². The van der Waals surface area contributed by atoms with Crippen LogP contribution in [0.5, 0.6) is 0 Å². The third kappa shape index (κ3) is 8.04. The lowest BCUT2D eigenvalue weighted by atomic mass is 9.95. The Hall–Kier alpha value is -7.15. The fraction of sp³-hybridized carbons (Fsp3) is 0.239. The minimum absolute atomic E-state index is 0.0467. The molecule has 1 saturated heterocycles. The topological polar surface area (TPSA) is 205 Å². The number of para-hydroxylation sites is 1. The number of nitrogens with one attached hydrogen (secondary N) is 2. The average molecular weight is 792 g/mol. The lowest BCUT2D eigenvalue weighted by Crippen LogP contribution is -2.36. The monoisotopic (exact) mass is 791 g/mol. The van der Waals surface area contributed by atoms with Crippen LogP contribution in [0.15, 0.2) is 104 Å². The molecule has 8 rings (SSSR count). The van der Waals surface area contributed by atoms with Crippen molar-refractivity contribution < 1.29 is 19.8 Å². The van der Waals surface area contributed by atoms with E-state index in [-0.39, 0.29) is 17.4 Å². The molecule has 0 bridgehead atoms. The first-order valence-corrected chi connectivity index (χ1v) is 19.7. The molecule has 1 fully saturated rings. The molecule has 0 amide bonds. The fourth-order valence-corrected chi connectivity index (χ4v) is 8.32. The third-order valence-corrected chi connectivity index (χ3v) is 11.2. The molecule has 13 heteroatoms. The van der Waals surface area contributed by atoms with Gasteiger partial charge in [-0.05, 0) is 72.7 Å². The maximum absolute atomic E-state index is 11.7. The minimum atomic E-state index is -1.04. The van der Waals surface area contributed by atoms with Crippen LogP contribution in [0.25, 0.3) is 32.9 Å². The first-order chi connectivity index (χ1) is 28.4. The van der Waals surface area contributed by atoms with Crippen LogP contribution in [-0.2, 0) is 37.8 Å². The molecule has 4 aromatic carbocycles.